The number of rotatable bonds is 3. The number of urea groups is 1. The van der Waals surface area contributed by atoms with Gasteiger partial charge in [0.15, 0.2) is 0 Å². The quantitative estimate of drug-likeness (QED) is 0.876. The number of hydrogen-bond acceptors (Lipinski definition) is 2. The van der Waals surface area contributed by atoms with Crippen molar-refractivity contribution in [1.82, 2.24) is 10.2 Å². The molecule has 1 fully saturated rings. The largest absolute Gasteiger partial charge is 0.334 e. The number of carbonyl (C=O) groups is 1. The fourth-order valence-corrected chi connectivity index (χ4v) is 2.43. The first kappa shape index (κ1) is 13.9. The Morgan fingerprint density at radius 1 is 1.16 bits per heavy atom. The molecule has 0 aliphatic carbocycles. The molecular weight excluding hydrogens is 238 g/mol. The summed E-state index contributed by atoms with van der Waals surface area (Å²) in [7, 11) is 0. The second kappa shape index (κ2) is 7.14. The van der Waals surface area contributed by atoms with Crippen molar-refractivity contribution in [1.29, 1.82) is 0 Å². The van der Waals surface area contributed by atoms with Crippen LogP contribution in [0.15, 0.2) is 24.3 Å². The first-order valence-corrected chi connectivity index (χ1v) is 7.10. The van der Waals surface area contributed by atoms with Crippen LogP contribution in [0.1, 0.15) is 36.8 Å². The minimum Gasteiger partial charge on any atom is -0.334 e. The number of benzene rings is 1. The fourth-order valence-electron chi connectivity index (χ4n) is 2.43. The van der Waals surface area contributed by atoms with Gasteiger partial charge in [-0.1, -0.05) is 37.1 Å². The van der Waals surface area contributed by atoms with Crippen LogP contribution in [-0.2, 0) is 13.1 Å². The van der Waals surface area contributed by atoms with E-state index in [1.54, 1.807) is 0 Å². The monoisotopic (exact) mass is 261 g/mol. The minimum atomic E-state index is 0.0556. The molecule has 104 valence electrons. The predicted octanol–water partition coefficient (Wildman–Crippen LogP) is 2.23. The Morgan fingerprint density at radius 2 is 1.84 bits per heavy atom. The molecule has 0 aromatic heterocycles. The Morgan fingerprint density at radius 3 is 2.53 bits per heavy atom. The van der Waals surface area contributed by atoms with Crippen molar-refractivity contribution in [2.75, 3.05) is 13.1 Å². The predicted molar refractivity (Wildman–Crippen MR) is 76.6 cm³/mol. The number of hydrogen-bond donors (Lipinski definition) is 2. The molecule has 2 rings (SSSR count). The molecule has 0 spiro atoms. The van der Waals surface area contributed by atoms with Crippen LogP contribution in [0, 0.1) is 0 Å². The summed E-state index contributed by atoms with van der Waals surface area (Å²) in [5, 5.41) is 2.99. The molecule has 1 aliphatic heterocycles. The van der Waals surface area contributed by atoms with Crippen molar-refractivity contribution in [2.45, 2.75) is 38.8 Å². The summed E-state index contributed by atoms with van der Waals surface area (Å²) in [5.41, 5.74) is 7.81. The molecule has 1 saturated heterocycles. The molecule has 4 heteroatoms. The minimum absolute atomic E-state index is 0.0556. The molecule has 1 aromatic carbocycles. The van der Waals surface area contributed by atoms with Gasteiger partial charge in [0, 0.05) is 26.2 Å². The van der Waals surface area contributed by atoms with E-state index in [-0.39, 0.29) is 6.03 Å². The van der Waals surface area contributed by atoms with Gasteiger partial charge in [0.25, 0.3) is 0 Å². The van der Waals surface area contributed by atoms with Crippen molar-refractivity contribution in [3.8, 4) is 0 Å². The lowest BCUT2D eigenvalue weighted by molar-refractivity contribution is 0.199. The zero-order valence-electron chi connectivity index (χ0n) is 11.4. The van der Waals surface area contributed by atoms with Crippen LogP contribution in [0.25, 0.3) is 0 Å². The standard InChI is InChI=1S/C15H23N3O/c16-11-13-6-5-7-14(10-13)12-17-15(19)18-8-3-1-2-4-9-18/h5-7,10H,1-4,8-9,11-12,16H2,(H,17,19). The molecule has 2 amide bonds. The summed E-state index contributed by atoms with van der Waals surface area (Å²) in [4.78, 5) is 14.0. The molecule has 0 saturated carbocycles. The van der Waals surface area contributed by atoms with Gasteiger partial charge in [0.1, 0.15) is 0 Å². The van der Waals surface area contributed by atoms with E-state index in [1.807, 2.05) is 29.2 Å². The molecule has 0 radical (unpaired) electrons. The van der Waals surface area contributed by atoms with Crippen LogP contribution in [0.4, 0.5) is 4.79 Å². The van der Waals surface area contributed by atoms with Gasteiger partial charge >= 0.3 is 6.03 Å². The molecule has 19 heavy (non-hydrogen) atoms. The van der Waals surface area contributed by atoms with Crippen LogP contribution in [-0.4, -0.2) is 24.0 Å². The summed E-state index contributed by atoms with van der Waals surface area (Å²) in [6, 6.07) is 8.10. The number of carbonyl (C=O) groups excluding carboxylic acids is 1. The number of likely N-dealkylation sites (tertiary alicyclic amines) is 1. The topological polar surface area (TPSA) is 58.4 Å². The third-order valence-electron chi connectivity index (χ3n) is 3.56. The zero-order chi connectivity index (χ0) is 13.5. The lowest BCUT2D eigenvalue weighted by Crippen LogP contribution is -2.40. The van der Waals surface area contributed by atoms with Gasteiger partial charge in [-0.3, -0.25) is 0 Å². The maximum atomic E-state index is 12.1. The Bertz CT molecular complexity index is 412. The van der Waals surface area contributed by atoms with Gasteiger partial charge in [0.2, 0.25) is 0 Å². The summed E-state index contributed by atoms with van der Waals surface area (Å²) < 4.78 is 0. The molecule has 4 nitrogen and oxygen atoms in total. The molecule has 1 heterocycles. The summed E-state index contributed by atoms with van der Waals surface area (Å²) >= 11 is 0. The second-order valence-corrected chi connectivity index (χ2v) is 5.08. The lowest BCUT2D eigenvalue weighted by Gasteiger charge is -2.20. The number of nitrogens with zero attached hydrogens (tertiary/aromatic N) is 1. The van der Waals surface area contributed by atoms with E-state index in [4.69, 9.17) is 5.73 Å². The van der Waals surface area contributed by atoms with Crippen LogP contribution in [0.5, 0.6) is 0 Å². The van der Waals surface area contributed by atoms with Crippen molar-refractivity contribution < 1.29 is 4.79 Å². The van der Waals surface area contributed by atoms with Gasteiger partial charge in [-0.05, 0) is 24.0 Å². The highest BCUT2D eigenvalue weighted by atomic mass is 16.2. The van der Waals surface area contributed by atoms with Gasteiger partial charge in [-0.25, -0.2) is 4.79 Å². The van der Waals surface area contributed by atoms with Gasteiger partial charge in [0.05, 0.1) is 0 Å². The average molecular weight is 261 g/mol. The van der Waals surface area contributed by atoms with E-state index in [9.17, 15) is 4.79 Å². The van der Waals surface area contributed by atoms with Crippen molar-refractivity contribution >= 4 is 6.03 Å². The average Bonchev–Trinajstić information content (AvgIpc) is 2.74. The number of amides is 2. The van der Waals surface area contributed by atoms with E-state index in [1.165, 1.54) is 12.8 Å². The Labute approximate surface area is 115 Å². The normalized spacial score (nSPS) is 15.9. The first-order valence-electron chi connectivity index (χ1n) is 7.10. The number of nitrogens with two attached hydrogens (primary N) is 1. The third kappa shape index (κ3) is 4.24. The van der Waals surface area contributed by atoms with E-state index in [0.29, 0.717) is 13.1 Å². The number of nitrogens with one attached hydrogen (secondary N) is 1. The second-order valence-electron chi connectivity index (χ2n) is 5.08. The Hall–Kier alpha value is -1.55. The molecule has 0 bridgehead atoms. The SMILES string of the molecule is NCc1cccc(CNC(=O)N2CCCCCC2)c1. The maximum absolute atomic E-state index is 12.1. The van der Waals surface area contributed by atoms with E-state index in [0.717, 1.165) is 37.1 Å². The molecule has 0 unspecified atom stereocenters. The molecule has 3 N–H and O–H groups in total. The molecule has 0 atom stereocenters. The van der Waals surface area contributed by atoms with Crippen LogP contribution in [0.3, 0.4) is 0 Å². The highest BCUT2D eigenvalue weighted by molar-refractivity contribution is 5.74. The van der Waals surface area contributed by atoms with E-state index < -0.39 is 0 Å². The van der Waals surface area contributed by atoms with Crippen LogP contribution < -0.4 is 11.1 Å². The van der Waals surface area contributed by atoms with Gasteiger partial charge in [-0.15, -0.1) is 0 Å². The van der Waals surface area contributed by atoms with Crippen molar-refractivity contribution in [2.24, 2.45) is 5.73 Å². The Balaban J connectivity index is 1.84. The van der Waals surface area contributed by atoms with E-state index >= 15 is 0 Å². The lowest BCUT2D eigenvalue weighted by atomic mass is 10.1. The van der Waals surface area contributed by atoms with Crippen molar-refractivity contribution in [3.63, 3.8) is 0 Å². The smallest absolute Gasteiger partial charge is 0.317 e. The summed E-state index contributed by atoms with van der Waals surface area (Å²) in [5.74, 6) is 0. The van der Waals surface area contributed by atoms with Crippen molar-refractivity contribution in [3.05, 3.63) is 35.4 Å². The maximum Gasteiger partial charge on any atom is 0.317 e. The summed E-state index contributed by atoms with van der Waals surface area (Å²) in [6.07, 6.45) is 4.72. The molecular formula is C15H23N3O. The third-order valence-corrected chi connectivity index (χ3v) is 3.56. The first-order chi connectivity index (χ1) is 9.29. The van der Waals surface area contributed by atoms with Crippen LogP contribution >= 0.6 is 0 Å². The van der Waals surface area contributed by atoms with Gasteiger partial charge in [-0.2, -0.15) is 0 Å². The molecule has 1 aromatic rings. The summed E-state index contributed by atoms with van der Waals surface area (Å²) in [6.45, 7) is 2.88. The fraction of sp³-hybridized carbons (Fsp3) is 0.533. The van der Waals surface area contributed by atoms with E-state index in [2.05, 4.69) is 5.32 Å². The van der Waals surface area contributed by atoms with Gasteiger partial charge < -0.3 is 16.0 Å². The highest BCUT2D eigenvalue weighted by Crippen LogP contribution is 2.10. The molecule has 1 aliphatic rings. The van der Waals surface area contributed by atoms with Crippen LogP contribution in [0.2, 0.25) is 0 Å². The Kier molecular flexibility index (Phi) is 5.21. The highest BCUT2D eigenvalue weighted by Gasteiger charge is 2.14. The zero-order valence-corrected chi connectivity index (χ0v) is 11.4.